The van der Waals surface area contributed by atoms with Crippen molar-refractivity contribution < 1.29 is 9.18 Å². The topological polar surface area (TPSA) is 42.3 Å². The van der Waals surface area contributed by atoms with E-state index in [0.717, 1.165) is 0 Å². The predicted octanol–water partition coefficient (Wildman–Crippen LogP) is 2.86. The smallest absolute Gasteiger partial charge is 0.240 e. The van der Waals surface area contributed by atoms with E-state index in [9.17, 15) is 9.18 Å². The minimum Gasteiger partial charge on any atom is -0.254 e. The van der Waals surface area contributed by atoms with Crippen molar-refractivity contribution in [2.45, 2.75) is 0 Å². The number of hydrogen-bond donors (Lipinski definition) is 0. The molecule has 0 fully saturated rings. The van der Waals surface area contributed by atoms with Gasteiger partial charge in [0.25, 0.3) is 0 Å². The van der Waals surface area contributed by atoms with Gasteiger partial charge in [0.1, 0.15) is 11.5 Å². The summed E-state index contributed by atoms with van der Waals surface area (Å²) in [5, 5.41) is 0. The van der Waals surface area contributed by atoms with Crippen molar-refractivity contribution in [2.24, 2.45) is 4.99 Å². The molecule has 1 aromatic carbocycles. The van der Waals surface area contributed by atoms with Crippen LogP contribution in [0.25, 0.3) is 11.3 Å². The number of isocyanates is 1. The first kappa shape index (κ1) is 10.2. The van der Waals surface area contributed by atoms with Crippen molar-refractivity contribution in [1.82, 2.24) is 4.98 Å². The Morgan fingerprint density at radius 1 is 1.25 bits per heavy atom. The van der Waals surface area contributed by atoms with Gasteiger partial charge in [-0.05, 0) is 24.3 Å². The Bertz CT molecular complexity index is 562. The lowest BCUT2D eigenvalue weighted by molar-refractivity contribution is 0.565. The molecule has 0 atom stereocenters. The Labute approximate surface area is 91.3 Å². The minimum absolute atomic E-state index is 0.357. The van der Waals surface area contributed by atoms with Crippen molar-refractivity contribution in [1.29, 1.82) is 0 Å². The van der Waals surface area contributed by atoms with Crippen LogP contribution in [0.4, 0.5) is 10.1 Å². The highest BCUT2D eigenvalue weighted by Gasteiger charge is 2.05. The van der Waals surface area contributed by atoms with Gasteiger partial charge in [-0.2, -0.15) is 4.99 Å². The number of nitrogens with zero attached hydrogens (tertiary/aromatic N) is 2. The van der Waals surface area contributed by atoms with E-state index in [1.807, 2.05) is 0 Å². The zero-order chi connectivity index (χ0) is 11.4. The zero-order valence-electron chi connectivity index (χ0n) is 8.22. The molecule has 0 bridgehead atoms. The van der Waals surface area contributed by atoms with Crippen molar-refractivity contribution in [3.8, 4) is 11.3 Å². The van der Waals surface area contributed by atoms with E-state index in [2.05, 4.69) is 9.98 Å². The number of hydrogen-bond acceptors (Lipinski definition) is 3. The third kappa shape index (κ3) is 2.02. The molecule has 78 valence electrons. The van der Waals surface area contributed by atoms with Gasteiger partial charge in [-0.1, -0.05) is 12.1 Å². The number of benzene rings is 1. The zero-order valence-corrected chi connectivity index (χ0v) is 8.22. The second-order valence-electron chi connectivity index (χ2n) is 3.08. The first-order valence-electron chi connectivity index (χ1n) is 4.60. The van der Waals surface area contributed by atoms with Crippen LogP contribution in [0, 0.1) is 5.82 Å². The summed E-state index contributed by atoms with van der Waals surface area (Å²) in [6.45, 7) is 0. The van der Waals surface area contributed by atoms with Crippen LogP contribution in [0.3, 0.4) is 0 Å². The molecular weight excluding hydrogens is 207 g/mol. The minimum atomic E-state index is -0.357. The number of pyridine rings is 1. The molecule has 16 heavy (non-hydrogen) atoms. The molecule has 1 aromatic heterocycles. The molecule has 0 aliphatic heterocycles. The van der Waals surface area contributed by atoms with Crippen molar-refractivity contribution in [3.05, 3.63) is 48.4 Å². The van der Waals surface area contributed by atoms with Crippen LogP contribution in [0.15, 0.2) is 47.6 Å². The molecule has 0 N–H and O–H groups in total. The molecule has 1 heterocycles. The molecule has 0 amide bonds. The fraction of sp³-hybridized carbons (Fsp3) is 0. The number of halogens is 1. The lowest BCUT2D eigenvalue weighted by atomic mass is 10.1. The van der Waals surface area contributed by atoms with Crippen LogP contribution in [-0.4, -0.2) is 11.1 Å². The highest BCUT2D eigenvalue weighted by molar-refractivity contribution is 5.73. The van der Waals surface area contributed by atoms with Crippen LogP contribution >= 0.6 is 0 Å². The number of carbonyl (C=O) groups excluding carboxylic acids is 1. The van der Waals surface area contributed by atoms with E-state index in [4.69, 9.17) is 0 Å². The van der Waals surface area contributed by atoms with Crippen LogP contribution < -0.4 is 0 Å². The fourth-order valence-corrected chi connectivity index (χ4v) is 1.39. The standard InChI is InChI=1S/C12H7FN2O/c13-10-4-1-3-9(7-10)12-11(15-8-16)5-2-6-14-12/h1-7H. The Kier molecular flexibility index (Phi) is 2.85. The van der Waals surface area contributed by atoms with E-state index in [-0.39, 0.29) is 5.82 Å². The monoisotopic (exact) mass is 214 g/mol. The molecule has 0 spiro atoms. The summed E-state index contributed by atoms with van der Waals surface area (Å²) in [4.78, 5) is 17.8. The van der Waals surface area contributed by atoms with Gasteiger partial charge in [-0.25, -0.2) is 9.18 Å². The van der Waals surface area contributed by atoms with Gasteiger partial charge >= 0.3 is 0 Å². The van der Waals surface area contributed by atoms with Gasteiger partial charge < -0.3 is 0 Å². The lowest BCUT2D eigenvalue weighted by Gasteiger charge is -2.02. The maximum absolute atomic E-state index is 13.0. The van der Waals surface area contributed by atoms with Gasteiger partial charge in [0.2, 0.25) is 6.08 Å². The first-order valence-corrected chi connectivity index (χ1v) is 4.60. The summed E-state index contributed by atoms with van der Waals surface area (Å²) in [5.74, 6) is -0.357. The quantitative estimate of drug-likeness (QED) is 0.569. The summed E-state index contributed by atoms with van der Waals surface area (Å²) in [5.41, 5.74) is 1.42. The average Bonchev–Trinajstić information content (AvgIpc) is 2.30. The number of aliphatic imine (C=N–C) groups is 1. The molecule has 0 unspecified atom stereocenters. The molecule has 0 radical (unpaired) electrons. The molecule has 3 nitrogen and oxygen atoms in total. The van der Waals surface area contributed by atoms with Gasteiger partial charge in [0.15, 0.2) is 0 Å². The van der Waals surface area contributed by atoms with Gasteiger partial charge in [-0.3, -0.25) is 4.98 Å². The Hall–Kier alpha value is -2.32. The molecule has 0 saturated carbocycles. The molecule has 0 saturated heterocycles. The van der Waals surface area contributed by atoms with E-state index >= 15 is 0 Å². The summed E-state index contributed by atoms with van der Waals surface area (Å²) in [6, 6.07) is 9.24. The van der Waals surface area contributed by atoms with Crippen LogP contribution in [0.1, 0.15) is 0 Å². The summed E-state index contributed by atoms with van der Waals surface area (Å²) < 4.78 is 13.0. The Morgan fingerprint density at radius 2 is 2.12 bits per heavy atom. The van der Waals surface area contributed by atoms with Crippen LogP contribution in [0.5, 0.6) is 0 Å². The fourth-order valence-electron chi connectivity index (χ4n) is 1.39. The second kappa shape index (κ2) is 4.47. The van der Waals surface area contributed by atoms with E-state index in [1.165, 1.54) is 18.2 Å². The third-order valence-electron chi connectivity index (χ3n) is 2.05. The molecule has 2 rings (SSSR count). The normalized spacial score (nSPS) is 9.56. The highest BCUT2D eigenvalue weighted by atomic mass is 19.1. The Morgan fingerprint density at radius 3 is 2.88 bits per heavy atom. The van der Waals surface area contributed by atoms with Crippen molar-refractivity contribution in [3.63, 3.8) is 0 Å². The largest absolute Gasteiger partial charge is 0.254 e. The van der Waals surface area contributed by atoms with E-state index < -0.39 is 0 Å². The maximum atomic E-state index is 13.0. The predicted molar refractivity (Wildman–Crippen MR) is 57.4 cm³/mol. The SMILES string of the molecule is O=C=Nc1cccnc1-c1cccc(F)c1. The summed E-state index contributed by atoms with van der Waals surface area (Å²) in [7, 11) is 0. The van der Waals surface area contributed by atoms with E-state index in [1.54, 1.807) is 30.5 Å². The van der Waals surface area contributed by atoms with E-state index in [0.29, 0.717) is 16.9 Å². The molecule has 2 aromatic rings. The van der Waals surface area contributed by atoms with Crippen molar-refractivity contribution in [2.75, 3.05) is 0 Å². The highest BCUT2D eigenvalue weighted by Crippen LogP contribution is 2.27. The average molecular weight is 214 g/mol. The van der Waals surface area contributed by atoms with Gasteiger partial charge in [-0.15, -0.1) is 0 Å². The summed E-state index contributed by atoms with van der Waals surface area (Å²) in [6.07, 6.45) is 3.01. The molecule has 0 aliphatic rings. The van der Waals surface area contributed by atoms with Crippen LogP contribution in [-0.2, 0) is 4.79 Å². The maximum Gasteiger partial charge on any atom is 0.240 e. The molecule has 4 heteroatoms. The lowest BCUT2D eigenvalue weighted by Crippen LogP contribution is -1.84. The van der Waals surface area contributed by atoms with Crippen molar-refractivity contribution >= 4 is 11.8 Å². The first-order chi connectivity index (χ1) is 7.81. The number of rotatable bonds is 2. The molecular formula is C12H7FN2O. The Balaban J connectivity index is 2.59. The van der Waals surface area contributed by atoms with Crippen LogP contribution in [0.2, 0.25) is 0 Å². The summed E-state index contributed by atoms with van der Waals surface area (Å²) >= 11 is 0. The second-order valence-corrected chi connectivity index (χ2v) is 3.08. The van der Waals surface area contributed by atoms with Gasteiger partial charge in [0, 0.05) is 11.8 Å². The van der Waals surface area contributed by atoms with Gasteiger partial charge in [0.05, 0.1) is 5.69 Å². The third-order valence-corrected chi connectivity index (χ3v) is 2.05. The molecule has 0 aliphatic carbocycles. The number of aromatic nitrogens is 1.